The van der Waals surface area contributed by atoms with E-state index in [0.717, 1.165) is 0 Å². The van der Waals surface area contributed by atoms with Crippen LogP contribution in [0.25, 0.3) is 0 Å². The van der Waals surface area contributed by atoms with Crippen molar-refractivity contribution >= 4 is 33.2 Å². The van der Waals surface area contributed by atoms with Gasteiger partial charge in [-0.2, -0.15) is 0 Å². The third-order valence-corrected chi connectivity index (χ3v) is 5.41. The fourth-order valence-electron chi connectivity index (χ4n) is 2.39. The minimum absolute atomic E-state index is 0.0381. The molecule has 0 aliphatic heterocycles. The summed E-state index contributed by atoms with van der Waals surface area (Å²) in [5, 5.41) is 2.76. The lowest BCUT2D eigenvalue weighted by molar-refractivity contribution is -0.124. The molecule has 2 aromatic rings. The van der Waals surface area contributed by atoms with Gasteiger partial charge in [-0.05, 0) is 49.4 Å². The van der Waals surface area contributed by atoms with Crippen molar-refractivity contribution < 1.29 is 27.4 Å². The molecule has 29 heavy (non-hydrogen) atoms. The molecule has 2 rings (SSSR count). The minimum atomic E-state index is -3.85. The zero-order chi connectivity index (χ0) is 21.4. The monoisotopic (exact) mass is 442 g/mol. The third kappa shape index (κ3) is 6.81. The Hall–Kier alpha value is -2.49. The first-order chi connectivity index (χ1) is 13.7. The molecule has 0 radical (unpaired) electrons. The largest absolute Gasteiger partial charge is 0.497 e. The molecule has 0 unspecified atom stereocenters. The van der Waals surface area contributed by atoms with Crippen LogP contribution in [0, 0.1) is 0 Å². The van der Waals surface area contributed by atoms with Crippen molar-refractivity contribution in [1.29, 1.82) is 0 Å². The Morgan fingerprint density at radius 1 is 1.14 bits per heavy atom. The van der Waals surface area contributed by atoms with Gasteiger partial charge in [-0.15, -0.1) is 0 Å². The van der Waals surface area contributed by atoms with E-state index in [0.29, 0.717) is 18.0 Å². The second-order valence-electron chi connectivity index (χ2n) is 6.14. The highest BCUT2D eigenvalue weighted by Gasteiger charge is 2.17. The molecule has 0 spiro atoms. The summed E-state index contributed by atoms with van der Waals surface area (Å²) >= 11 is 6.13. The maximum Gasteiger partial charge on any atom is 0.261 e. The summed E-state index contributed by atoms with van der Waals surface area (Å²) in [5.41, 5.74) is 0.379. The average Bonchev–Trinajstić information content (AvgIpc) is 2.67. The van der Waals surface area contributed by atoms with E-state index < -0.39 is 10.0 Å². The Morgan fingerprint density at radius 3 is 2.41 bits per heavy atom. The molecule has 1 amide bonds. The van der Waals surface area contributed by atoms with Gasteiger partial charge in [0.25, 0.3) is 15.9 Å². The van der Waals surface area contributed by atoms with Gasteiger partial charge < -0.3 is 19.5 Å². The number of amides is 1. The van der Waals surface area contributed by atoms with Crippen LogP contribution in [-0.4, -0.2) is 47.8 Å². The summed E-state index contributed by atoms with van der Waals surface area (Å²) in [5.74, 6) is 0.464. The summed E-state index contributed by atoms with van der Waals surface area (Å²) in [6.07, 6.45) is 0. The zero-order valence-electron chi connectivity index (χ0n) is 16.3. The van der Waals surface area contributed by atoms with Gasteiger partial charge in [-0.3, -0.25) is 9.52 Å². The molecule has 1 atom stereocenters. The van der Waals surface area contributed by atoms with Gasteiger partial charge in [0, 0.05) is 18.8 Å². The topological polar surface area (TPSA) is 103 Å². The van der Waals surface area contributed by atoms with Crippen LogP contribution >= 0.6 is 11.6 Å². The molecule has 0 aliphatic carbocycles. The lowest BCUT2D eigenvalue weighted by Crippen LogP contribution is -2.38. The van der Waals surface area contributed by atoms with Crippen LogP contribution < -0.4 is 19.5 Å². The van der Waals surface area contributed by atoms with Crippen LogP contribution in [-0.2, 0) is 19.6 Å². The maximum atomic E-state index is 12.6. The van der Waals surface area contributed by atoms with E-state index in [9.17, 15) is 13.2 Å². The molecule has 0 aliphatic rings. The van der Waals surface area contributed by atoms with E-state index in [4.69, 9.17) is 25.8 Å². The van der Waals surface area contributed by atoms with Gasteiger partial charge in [0.1, 0.15) is 11.5 Å². The summed E-state index contributed by atoms with van der Waals surface area (Å²) in [7, 11) is -0.787. The van der Waals surface area contributed by atoms with Crippen molar-refractivity contribution in [3.05, 3.63) is 47.5 Å². The Bertz CT molecular complexity index is 934. The summed E-state index contributed by atoms with van der Waals surface area (Å²) in [4.78, 5) is 11.8. The van der Waals surface area contributed by atoms with E-state index >= 15 is 0 Å². The Kier molecular flexibility index (Phi) is 8.12. The number of methoxy groups -OCH3 is 2. The molecular formula is C19H23ClN2O6S. The second-order valence-corrected chi connectivity index (χ2v) is 8.23. The number of rotatable bonds is 10. The Balaban J connectivity index is 2.02. The predicted molar refractivity (Wildman–Crippen MR) is 110 cm³/mol. The molecule has 0 bridgehead atoms. The first-order valence-corrected chi connectivity index (χ1v) is 10.5. The van der Waals surface area contributed by atoms with Crippen LogP contribution in [0.15, 0.2) is 47.4 Å². The van der Waals surface area contributed by atoms with Gasteiger partial charge in [0.2, 0.25) is 0 Å². The third-order valence-electron chi connectivity index (χ3n) is 3.74. The van der Waals surface area contributed by atoms with Crippen LogP contribution in [0.3, 0.4) is 0 Å². The lowest BCUT2D eigenvalue weighted by atomic mass is 10.3. The number of nitrogens with one attached hydrogen (secondary N) is 2. The van der Waals surface area contributed by atoms with Crippen molar-refractivity contribution in [1.82, 2.24) is 5.32 Å². The normalized spacial score (nSPS) is 12.1. The molecule has 0 saturated carbocycles. The van der Waals surface area contributed by atoms with Crippen LogP contribution in [0.1, 0.15) is 6.92 Å². The van der Waals surface area contributed by atoms with E-state index in [-0.39, 0.29) is 34.2 Å². The number of carbonyl (C=O) groups excluding carboxylic acids is 1. The highest BCUT2D eigenvalue weighted by Crippen LogP contribution is 2.28. The van der Waals surface area contributed by atoms with Crippen LogP contribution in [0.2, 0.25) is 5.02 Å². The quantitative estimate of drug-likeness (QED) is 0.586. The zero-order valence-corrected chi connectivity index (χ0v) is 17.8. The standard InChI is InChI=1S/C19H23ClN2O6S/c1-13(11-26-2)21-19(23)12-28-18-9-8-16(10-17(18)20)29(24,25)22-14-4-6-15(27-3)7-5-14/h4-10,13,22H,11-12H2,1-3H3,(H,21,23)/t13-/m0/s1. The van der Waals surface area contributed by atoms with E-state index in [2.05, 4.69) is 10.0 Å². The molecule has 0 fully saturated rings. The minimum Gasteiger partial charge on any atom is -0.497 e. The predicted octanol–water partition coefficient (Wildman–Crippen LogP) is 2.68. The fraction of sp³-hybridized carbons (Fsp3) is 0.316. The summed E-state index contributed by atoms with van der Waals surface area (Å²) < 4.78 is 42.9. The van der Waals surface area contributed by atoms with Gasteiger partial charge in [-0.1, -0.05) is 11.6 Å². The number of carbonyl (C=O) groups is 1. The smallest absolute Gasteiger partial charge is 0.261 e. The van der Waals surface area contributed by atoms with Gasteiger partial charge in [-0.25, -0.2) is 8.42 Å². The average molecular weight is 443 g/mol. The summed E-state index contributed by atoms with van der Waals surface area (Å²) in [6, 6.07) is 10.3. The molecule has 0 aromatic heterocycles. The summed E-state index contributed by atoms with van der Waals surface area (Å²) in [6.45, 7) is 1.91. The molecule has 0 saturated heterocycles. The van der Waals surface area contributed by atoms with Crippen LogP contribution in [0.5, 0.6) is 11.5 Å². The van der Waals surface area contributed by atoms with Crippen molar-refractivity contribution in [2.45, 2.75) is 17.9 Å². The Labute approximate surface area is 175 Å². The van der Waals surface area contributed by atoms with E-state index in [1.165, 1.54) is 32.4 Å². The van der Waals surface area contributed by atoms with Crippen molar-refractivity contribution in [2.24, 2.45) is 0 Å². The molecular weight excluding hydrogens is 420 g/mol. The number of sulfonamides is 1. The lowest BCUT2D eigenvalue weighted by Gasteiger charge is -2.14. The highest BCUT2D eigenvalue weighted by atomic mass is 35.5. The first kappa shape index (κ1) is 22.8. The molecule has 10 heteroatoms. The van der Waals surface area contributed by atoms with Gasteiger partial charge >= 0.3 is 0 Å². The highest BCUT2D eigenvalue weighted by molar-refractivity contribution is 7.92. The van der Waals surface area contributed by atoms with Gasteiger partial charge in [0.05, 0.1) is 23.6 Å². The molecule has 0 heterocycles. The number of anilines is 1. The van der Waals surface area contributed by atoms with Crippen molar-refractivity contribution in [2.75, 3.05) is 32.2 Å². The van der Waals surface area contributed by atoms with E-state index in [1.54, 1.807) is 31.2 Å². The Morgan fingerprint density at radius 2 is 1.83 bits per heavy atom. The number of benzene rings is 2. The number of hydrogen-bond donors (Lipinski definition) is 2. The van der Waals surface area contributed by atoms with Crippen LogP contribution in [0.4, 0.5) is 5.69 Å². The van der Waals surface area contributed by atoms with Crippen molar-refractivity contribution in [3.8, 4) is 11.5 Å². The molecule has 8 nitrogen and oxygen atoms in total. The van der Waals surface area contributed by atoms with Crippen molar-refractivity contribution in [3.63, 3.8) is 0 Å². The second kappa shape index (κ2) is 10.3. The fourth-order valence-corrected chi connectivity index (χ4v) is 3.77. The molecule has 2 aromatic carbocycles. The van der Waals surface area contributed by atoms with Gasteiger partial charge in [0.15, 0.2) is 6.61 Å². The number of hydrogen-bond acceptors (Lipinski definition) is 6. The maximum absolute atomic E-state index is 12.6. The number of halogens is 1. The molecule has 2 N–H and O–H groups in total. The number of ether oxygens (including phenoxy) is 3. The SMILES string of the molecule is COC[C@H](C)NC(=O)COc1ccc(S(=O)(=O)Nc2ccc(OC)cc2)cc1Cl. The molecule has 158 valence electrons. The van der Waals surface area contributed by atoms with E-state index in [1.807, 2.05) is 0 Å². The first-order valence-electron chi connectivity index (χ1n) is 8.62.